The Bertz CT molecular complexity index is 718. The number of rotatable bonds is 4. The number of hydrogen-bond acceptors (Lipinski definition) is 6. The van der Waals surface area contributed by atoms with E-state index in [0.717, 1.165) is 4.47 Å². The van der Waals surface area contributed by atoms with E-state index in [2.05, 4.69) is 25.9 Å². The first-order chi connectivity index (χ1) is 10.7. The minimum Gasteiger partial charge on any atom is -0.473 e. The average Bonchev–Trinajstić information content (AvgIpc) is 2.42. The van der Waals surface area contributed by atoms with Crippen LogP contribution in [0.15, 0.2) is 22.7 Å². The first-order valence-corrected chi connectivity index (χ1v) is 8.03. The van der Waals surface area contributed by atoms with Gasteiger partial charge in [0.15, 0.2) is 0 Å². The molecule has 0 unspecified atom stereocenters. The predicted octanol–water partition coefficient (Wildman–Crippen LogP) is 4.38. The van der Waals surface area contributed by atoms with Crippen LogP contribution in [-0.2, 0) is 9.47 Å². The van der Waals surface area contributed by atoms with Crippen LogP contribution in [0.4, 0.5) is 4.79 Å². The highest BCUT2D eigenvalue weighted by molar-refractivity contribution is 9.10. The summed E-state index contributed by atoms with van der Waals surface area (Å²) in [7, 11) is 0. The van der Waals surface area contributed by atoms with Crippen molar-refractivity contribution in [3.8, 4) is 5.88 Å². The Morgan fingerprint density at radius 2 is 2.00 bits per heavy atom. The second-order valence-electron chi connectivity index (χ2n) is 5.62. The molecule has 0 N–H and O–H groups in total. The van der Waals surface area contributed by atoms with Gasteiger partial charge in [0.1, 0.15) is 18.8 Å². The Hall–Kier alpha value is -1.60. The summed E-state index contributed by atoms with van der Waals surface area (Å²) in [5.74, 6) is 0.328. The zero-order valence-electron chi connectivity index (χ0n) is 12.9. The molecule has 0 aliphatic carbocycles. The number of carbonyl (C=O) groups is 1. The van der Waals surface area contributed by atoms with Gasteiger partial charge < -0.3 is 14.2 Å². The van der Waals surface area contributed by atoms with Crippen LogP contribution in [0, 0.1) is 0 Å². The molecule has 0 atom stereocenters. The summed E-state index contributed by atoms with van der Waals surface area (Å²) in [5.41, 5.74) is 0.0666. The van der Waals surface area contributed by atoms with Gasteiger partial charge in [0.25, 0.3) is 0 Å². The van der Waals surface area contributed by atoms with Crippen LogP contribution in [0.3, 0.4) is 0 Å². The van der Waals surface area contributed by atoms with Crippen molar-refractivity contribution in [2.45, 2.75) is 26.4 Å². The van der Waals surface area contributed by atoms with Gasteiger partial charge in [-0.3, -0.25) is 0 Å². The molecule has 0 saturated heterocycles. The molecule has 0 saturated carbocycles. The minimum absolute atomic E-state index is 0.0338. The monoisotopic (exact) mass is 402 g/mol. The van der Waals surface area contributed by atoms with Crippen LogP contribution in [0.2, 0.25) is 5.28 Å². The number of fused-ring (bicyclic) bond motifs is 1. The SMILES string of the molecule is CC(C)(C)OC(=O)OCCOc1nc(Cl)nc2ccc(Br)cc12. The maximum atomic E-state index is 11.4. The van der Waals surface area contributed by atoms with Crippen molar-refractivity contribution in [2.24, 2.45) is 0 Å². The molecule has 0 amide bonds. The lowest BCUT2D eigenvalue weighted by molar-refractivity contribution is -0.0114. The smallest absolute Gasteiger partial charge is 0.473 e. The van der Waals surface area contributed by atoms with Crippen molar-refractivity contribution in [1.29, 1.82) is 0 Å². The molecule has 0 radical (unpaired) electrons. The number of hydrogen-bond donors (Lipinski definition) is 0. The van der Waals surface area contributed by atoms with Crippen LogP contribution >= 0.6 is 27.5 Å². The maximum absolute atomic E-state index is 11.4. The number of benzene rings is 1. The molecule has 1 aromatic heterocycles. The molecule has 0 spiro atoms. The lowest BCUT2D eigenvalue weighted by atomic mass is 10.2. The molecule has 1 heterocycles. The van der Waals surface area contributed by atoms with Gasteiger partial charge in [-0.25, -0.2) is 9.78 Å². The molecular weight excluding hydrogens is 388 g/mol. The first kappa shape index (κ1) is 17.7. The van der Waals surface area contributed by atoms with Gasteiger partial charge in [-0.2, -0.15) is 4.98 Å². The Balaban J connectivity index is 1.97. The number of aromatic nitrogens is 2. The largest absolute Gasteiger partial charge is 0.508 e. The second kappa shape index (κ2) is 7.31. The summed E-state index contributed by atoms with van der Waals surface area (Å²) < 4.78 is 16.4. The van der Waals surface area contributed by atoms with E-state index in [1.54, 1.807) is 26.8 Å². The minimum atomic E-state index is -0.741. The van der Waals surface area contributed by atoms with Crippen LogP contribution in [0.5, 0.6) is 5.88 Å². The van der Waals surface area contributed by atoms with Crippen LogP contribution in [0.1, 0.15) is 20.8 Å². The standard InChI is InChI=1S/C15H16BrClN2O4/c1-15(2,3)23-14(20)22-7-6-21-12-10-8-9(16)4-5-11(10)18-13(17)19-12/h4-5,8H,6-7H2,1-3H3. The van der Waals surface area contributed by atoms with Gasteiger partial charge in [-0.15, -0.1) is 0 Å². The van der Waals surface area contributed by atoms with Crippen molar-refractivity contribution < 1.29 is 19.0 Å². The van der Waals surface area contributed by atoms with Gasteiger partial charge in [-0.1, -0.05) is 15.9 Å². The molecule has 1 aromatic carbocycles. The fourth-order valence-corrected chi connectivity index (χ4v) is 2.23. The third-order valence-corrected chi connectivity index (χ3v) is 3.19. The summed E-state index contributed by atoms with van der Waals surface area (Å²) >= 11 is 9.26. The van der Waals surface area contributed by atoms with Gasteiger partial charge >= 0.3 is 6.16 Å². The predicted molar refractivity (Wildman–Crippen MR) is 89.9 cm³/mol. The lowest BCUT2D eigenvalue weighted by Gasteiger charge is -2.18. The fraction of sp³-hybridized carbons (Fsp3) is 0.400. The first-order valence-electron chi connectivity index (χ1n) is 6.86. The van der Waals surface area contributed by atoms with Crippen molar-refractivity contribution >= 4 is 44.6 Å². The highest BCUT2D eigenvalue weighted by Crippen LogP contribution is 2.27. The third kappa shape index (κ3) is 5.51. The second-order valence-corrected chi connectivity index (χ2v) is 6.87. The molecule has 2 aromatic rings. The van der Waals surface area contributed by atoms with E-state index in [1.807, 2.05) is 12.1 Å². The van der Waals surface area contributed by atoms with Crippen molar-refractivity contribution in [3.05, 3.63) is 28.0 Å². The summed E-state index contributed by atoms with van der Waals surface area (Å²) in [4.78, 5) is 19.6. The topological polar surface area (TPSA) is 70.5 Å². The molecule has 8 heteroatoms. The molecule has 0 fully saturated rings. The van der Waals surface area contributed by atoms with E-state index >= 15 is 0 Å². The summed E-state index contributed by atoms with van der Waals surface area (Å²) in [6.45, 7) is 5.44. The van der Waals surface area contributed by atoms with Gasteiger partial charge in [0.05, 0.1) is 10.9 Å². The number of nitrogens with zero attached hydrogens (tertiary/aromatic N) is 2. The molecular formula is C15H16BrClN2O4. The molecule has 0 bridgehead atoms. The van der Waals surface area contributed by atoms with Gasteiger partial charge in [-0.05, 0) is 50.6 Å². The van der Waals surface area contributed by atoms with E-state index in [4.69, 9.17) is 25.8 Å². The summed E-state index contributed by atoms with van der Waals surface area (Å²) in [6, 6.07) is 5.48. The molecule has 2 rings (SSSR count). The molecule has 6 nitrogen and oxygen atoms in total. The van der Waals surface area contributed by atoms with Gasteiger partial charge in [0, 0.05) is 4.47 Å². The summed E-state index contributed by atoms with van der Waals surface area (Å²) in [5, 5.41) is 0.795. The van der Waals surface area contributed by atoms with E-state index in [1.165, 1.54) is 0 Å². The average molecular weight is 404 g/mol. The molecule has 23 heavy (non-hydrogen) atoms. The zero-order chi connectivity index (χ0) is 17.0. The van der Waals surface area contributed by atoms with E-state index in [0.29, 0.717) is 16.8 Å². The Kier molecular flexibility index (Phi) is 5.64. The Morgan fingerprint density at radius 1 is 1.26 bits per heavy atom. The molecule has 124 valence electrons. The van der Waals surface area contributed by atoms with E-state index < -0.39 is 11.8 Å². The number of halogens is 2. The highest BCUT2D eigenvalue weighted by atomic mass is 79.9. The quantitative estimate of drug-likeness (QED) is 0.429. The van der Waals surface area contributed by atoms with Crippen molar-refractivity contribution in [1.82, 2.24) is 9.97 Å². The maximum Gasteiger partial charge on any atom is 0.508 e. The zero-order valence-corrected chi connectivity index (χ0v) is 15.3. The fourth-order valence-electron chi connectivity index (χ4n) is 1.70. The number of ether oxygens (including phenoxy) is 3. The van der Waals surface area contributed by atoms with E-state index in [9.17, 15) is 4.79 Å². The Labute approximate surface area is 147 Å². The number of carbonyl (C=O) groups excluding carboxylic acids is 1. The molecule has 0 aliphatic heterocycles. The van der Waals surface area contributed by atoms with E-state index in [-0.39, 0.29) is 18.5 Å². The van der Waals surface area contributed by atoms with Crippen LogP contribution in [-0.4, -0.2) is 34.9 Å². The lowest BCUT2D eigenvalue weighted by Crippen LogP contribution is -2.25. The third-order valence-electron chi connectivity index (χ3n) is 2.53. The Morgan fingerprint density at radius 3 is 2.70 bits per heavy atom. The summed E-state index contributed by atoms with van der Waals surface area (Å²) in [6.07, 6.45) is -0.741. The van der Waals surface area contributed by atoms with Crippen molar-refractivity contribution in [3.63, 3.8) is 0 Å². The van der Waals surface area contributed by atoms with Crippen LogP contribution in [0.25, 0.3) is 10.9 Å². The highest BCUT2D eigenvalue weighted by Gasteiger charge is 2.17. The van der Waals surface area contributed by atoms with Gasteiger partial charge in [0.2, 0.25) is 11.2 Å². The molecule has 0 aliphatic rings. The van der Waals surface area contributed by atoms with Crippen LogP contribution < -0.4 is 4.74 Å². The normalized spacial score (nSPS) is 11.3. The van der Waals surface area contributed by atoms with Crippen molar-refractivity contribution in [2.75, 3.05) is 13.2 Å².